The molecule has 0 radical (unpaired) electrons. The maximum atomic E-state index is 12.6. The molecule has 0 bridgehead atoms. The molecule has 2 amide bonds. The second-order valence-electron chi connectivity index (χ2n) is 5.59. The highest BCUT2D eigenvalue weighted by Crippen LogP contribution is 2.20. The van der Waals surface area contributed by atoms with Gasteiger partial charge >= 0.3 is 0 Å². The molecule has 0 aliphatic rings. The first-order valence-electron chi connectivity index (χ1n) is 7.86. The highest BCUT2D eigenvalue weighted by Gasteiger charge is 2.14. The van der Waals surface area contributed by atoms with Crippen molar-refractivity contribution in [1.82, 2.24) is 0 Å². The minimum atomic E-state index is -0.343. The third-order valence-electron chi connectivity index (χ3n) is 3.67. The molecule has 3 rings (SSSR count). The molecule has 4 N–H and O–H groups in total. The fourth-order valence-electron chi connectivity index (χ4n) is 2.40. The van der Waals surface area contributed by atoms with E-state index in [2.05, 4.69) is 10.6 Å². The molecular weight excluding hydrogens is 350 g/mol. The maximum Gasteiger partial charge on any atom is 0.257 e. The van der Waals surface area contributed by atoms with Gasteiger partial charge in [-0.2, -0.15) is 0 Å². The van der Waals surface area contributed by atoms with Crippen molar-refractivity contribution in [2.75, 3.05) is 16.4 Å². The molecule has 0 aliphatic carbocycles. The van der Waals surface area contributed by atoms with E-state index in [1.807, 2.05) is 0 Å². The number of para-hydroxylation sites is 1. The van der Waals surface area contributed by atoms with Gasteiger partial charge in [0.25, 0.3) is 11.8 Å². The molecule has 0 atom stereocenters. The van der Waals surface area contributed by atoms with Gasteiger partial charge in [0.15, 0.2) is 0 Å². The predicted octanol–water partition coefficient (Wildman–Crippen LogP) is 4.43. The Morgan fingerprint density at radius 2 is 1.54 bits per heavy atom. The smallest absolute Gasteiger partial charge is 0.257 e. The summed E-state index contributed by atoms with van der Waals surface area (Å²) in [5.41, 5.74) is 7.98. The second kappa shape index (κ2) is 7.72. The Morgan fingerprint density at radius 3 is 2.27 bits per heavy atom. The number of hydrogen-bond acceptors (Lipinski definition) is 3. The minimum Gasteiger partial charge on any atom is -0.399 e. The van der Waals surface area contributed by atoms with Crippen LogP contribution in [0.5, 0.6) is 0 Å². The molecular formula is C20H16ClN3O2. The summed E-state index contributed by atoms with van der Waals surface area (Å²) in [6.07, 6.45) is 0. The van der Waals surface area contributed by atoms with E-state index in [-0.39, 0.29) is 11.8 Å². The summed E-state index contributed by atoms with van der Waals surface area (Å²) in [7, 11) is 0. The van der Waals surface area contributed by atoms with Crippen LogP contribution in [0.15, 0.2) is 72.8 Å². The molecule has 0 fully saturated rings. The van der Waals surface area contributed by atoms with Crippen LogP contribution in [-0.2, 0) is 0 Å². The van der Waals surface area contributed by atoms with Crippen LogP contribution in [0.2, 0.25) is 5.02 Å². The van der Waals surface area contributed by atoms with Crippen molar-refractivity contribution < 1.29 is 9.59 Å². The number of carbonyl (C=O) groups is 2. The lowest BCUT2D eigenvalue weighted by molar-refractivity contribution is 0.102. The molecule has 3 aromatic rings. The zero-order valence-corrected chi connectivity index (χ0v) is 14.5. The molecule has 130 valence electrons. The summed E-state index contributed by atoms with van der Waals surface area (Å²) < 4.78 is 0. The monoisotopic (exact) mass is 365 g/mol. The lowest BCUT2D eigenvalue weighted by Gasteiger charge is -2.12. The van der Waals surface area contributed by atoms with Crippen LogP contribution < -0.4 is 16.4 Å². The summed E-state index contributed by atoms with van der Waals surface area (Å²) in [4.78, 5) is 25.0. The summed E-state index contributed by atoms with van der Waals surface area (Å²) in [6.45, 7) is 0. The zero-order valence-electron chi connectivity index (χ0n) is 13.7. The van der Waals surface area contributed by atoms with E-state index in [9.17, 15) is 9.59 Å². The number of rotatable bonds is 4. The first kappa shape index (κ1) is 17.5. The van der Waals surface area contributed by atoms with Crippen LogP contribution in [0.4, 0.5) is 17.1 Å². The summed E-state index contributed by atoms with van der Waals surface area (Å²) in [5.74, 6) is -0.681. The fourth-order valence-corrected chi connectivity index (χ4v) is 2.52. The lowest BCUT2D eigenvalue weighted by atomic mass is 10.1. The number of hydrogen-bond donors (Lipinski definition) is 3. The standard InChI is InChI=1S/C20H16ClN3O2/c21-14-8-10-16(11-9-14)23-20(26)17-6-1-2-7-18(17)24-19(25)13-4-3-5-15(22)12-13/h1-12H,22H2,(H,23,26)(H,24,25). The lowest BCUT2D eigenvalue weighted by Crippen LogP contribution is -2.18. The normalized spacial score (nSPS) is 10.2. The van der Waals surface area contributed by atoms with Crippen molar-refractivity contribution in [2.24, 2.45) is 0 Å². The van der Waals surface area contributed by atoms with Gasteiger partial charge in [0.2, 0.25) is 0 Å². The van der Waals surface area contributed by atoms with Crippen LogP contribution >= 0.6 is 11.6 Å². The molecule has 0 spiro atoms. The van der Waals surface area contributed by atoms with Gasteiger partial charge in [0.05, 0.1) is 11.3 Å². The number of amides is 2. The van der Waals surface area contributed by atoms with E-state index < -0.39 is 0 Å². The zero-order chi connectivity index (χ0) is 18.5. The maximum absolute atomic E-state index is 12.6. The Kier molecular flexibility index (Phi) is 5.20. The molecule has 0 saturated carbocycles. The van der Waals surface area contributed by atoms with E-state index in [4.69, 9.17) is 17.3 Å². The number of halogens is 1. The molecule has 0 heterocycles. The van der Waals surface area contributed by atoms with Crippen LogP contribution in [0.25, 0.3) is 0 Å². The average Bonchev–Trinajstić information content (AvgIpc) is 2.64. The Hall–Kier alpha value is -3.31. The summed E-state index contributed by atoms with van der Waals surface area (Å²) in [5, 5.41) is 6.11. The predicted molar refractivity (Wildman–Crippen MR) is 105 cm³/mol. The number of nitrogens with one attached hydrogen (secondary N) is 2. The SMILES string of the molecule is Nc1cccc(C(=O)Nc2ccccc2C(=O)Nc2ccc(Cl)cc2)c1. The Balaban J connectivity index is 1.80. The second-order valence-corrected chi connectivity index (χ2v) is 6.02. The largest absolute Gasteiger partial charge is 0.399 e. The molecule has 5 nitrogen and oxygen atoms in total. The van der Waals surface area contributed by atoms with Crippen molar-refractivity contribution in [2.45, 2.75) is 0 Å². The number of benzene rings is 3. The van der Waals surface area contributed by atoms with Crippen molar-refractivity contribution in [3.8, 4) is 0 Å². The first-order valence-corrected chi connectivity index (χ1v) is 8.23. The minimum absolute atomic E-state index is 0.337. The van der Waals surface area contributed by atoms with E-state index >= 15 is 0 Å². The van der Waals surface area contributed by atoms with Crippen LogP contribution in [0.1, 0.15) is 20.7 Å². The Bertz CT molecular complexity index is 955. The van der Waals surface area contributed by atoms with E-state index in [1.165, 1.54) is 0 Å². The van der Waals surface area contributed by atoms with Crippen LogP contribution in [0, 0.1) is 0 Å². The van der Waals surface area contributed by atoms with Gasteiger partial charge < -0.3 is 16.4 Å². The average molecular weight is 366 g/mol. The molecule has 0 aliphatic heterocycles. The molecule has 26 heavy (non-hydrogen) atoms. The fraction of sp³-hybridized carbons (Fsp3) is 0. The summed E-state index contributed by atoms with van der Waals surface area (Å²) >= 11 is 5.85. The van der Waals surface area contributed by atoms with Gasteiger partial charge in [-0.05, 0) is 54.6 Å². The molecule has 3 aromatic carbocycles. The molecule has 0 unspecified atom stereocenters. The van der Waals surface area contributed by atoms with Crippen LogP contribution in [-0.4, -0.2) is 11.8 Å². The van der Waals surface area contributed by atoms with Gasteiger partial charge in [0.1, 0.15) is 0 Å². The van der Waals surface area contributed by atoms with Gasteiger partial charge in [0, 0.05) is 22.0 Å². The van der Waals surface area contributed by atoms with Crippen molar-refractivity contribution in [1.29, 1.82) is 0 Å². The van der Waals surface area contributed by atoms with E-state index in [0.717, 1.165) is 0 Å². The highest BCUT2D eigenvalue weighted by molar-refractivity contribution is 6.30. The van der Waals surface area contributed by atoms with Crippen molar-refractivity contribution in [3.05, 3.63) is 88.9 Å². The van der Waals surface area contributed by atoms with Gasteiger partial charge in [-0.1, -0.05) is 29.8 Å². The topological polar surface area (TPSA) is 84.2 Å². The first-order chi connectivity index (χ1) is 12.5. The third kappa shape index (κ3) is 4.20. The number of nitrogen functional groups attached to an aromatic ring is 1. The van der Waals surface area contributed by atoms with E-state index in [1.54, 1.807) is 72.8 Å². The van der Waals surface area contributed by atoms with Gasteiger partial charge in [-0.15, -0.1) is 0 Å². The number of anilines is 3. The molecule has 0 saturated heterocycles. The molecule has 0 aromatic heterocycles. The van der Waals surface area contributed by atoms with Crippen molar-refractivity contribution in [3.63, 3.8) is 0 Å². The van der Waals surface area contributed by atoms with Crippen LogP contribution in [0.3, 0.4) is 0 Å². The van der Waals surface area contributed by atoms with Crippen molar-refractivity contribution >= 4 is 40.5 Å². The van der Waals surface area contributed by atoms with Gasteiger partial charge in [-0.3, -0.25) is 9.59 Å². The highest BCUT2D eigenvalue weighted by atomic mass is 35.5. The van der Waals surface area contributed by atoms with E-state index in [0.29, 0.717) is 33.2 Å². The number of carbonyl (C=O) groups excluding carboxylic acids is 2. The quantitative estimate of drug-likeness (QED) is 0.598. The number of nitrogens with two attached hydrogens (primary N) is 1. The third-order valence-corrected chi connectivity index (χ3v) is 3.92. The Morgan fingerprint density at radius 1 is 0.808 bits per heavy atom. The summed E-state index contributed by atoms with van der Waals surface area (Å²) in [6, 6.07) is 20.2. The molecule has 6 heteroatoms. The Labute approximate surface area is 155 Å². The van der Waals surface area contributed by atoms with Gasteiger partial charge in [-0.25, -0.2) is 0 Å².